The minimum atomic E-state index is 0.697. The van der Waals surface area contributed by atoms with Crippen LogP contribution in [-0.4, -0.2) is 24.1 Å². The lowest BCUT2D eigenvalue weighted by atomic mass is 9.71. The highest BCUT2D eigenvalue weighted by atomic mass is 32.2. The Bertz CT molecular complexity index is 214. The van der Waals surface area contributed by atoms with Crippen LogP contribution < -0.4 is 5.32 Å². The average molecular weight is 211 g/mol. The number of fused-ring (bicyclic) bond motifs is 1. The van der Waals surface area contributed by atoms with Crippen molar-refractivity contribution >= 4 is 11.8 Å². The second-order valence-corrected chi connectivity index (χ2v) is 5.68. The van der Waals surface area contributed by atoms with Crippen molar-refractivity contribution in [3.8, 4) is 0 Å². The predicted molar refractivity (Wildman–Crippen MR) is 64.7 cm³/mol. The molecule has 0 aliphatic heterocycles. The fourth-order valence-corrected chi connectivity index (χ4v) is 3.24. The lowest BCUT2D eigenvalue weighted by molar-refractivity contribution is 0.151. The third-order valence-electron chi connectivity index (χ3n) is 3.62. The minimum Gasteiger partial charge on any atom is -0.311 e. The maximum absolute atomic E-state index is 3.76. The van der Waals surface area contributed by atoms with Gasteiger partial charge >= 0.3 is 0 Å². The van der Waals surface area contributed by atoms with Crippen molar-refractivity contribution in [3.63, 3.8) is 0 Å². The SMILES string of the molecule is CSCCC(C)NC1CC2CC=CC21. The van der Waals surface area contributed by atoms with E-state index in [0.29, 0.717) is 6.04 Å². The molecule has 14 heavy (non-hydrogen) atoms. The zero-order valence-electron chi connectivity index (χ0n) is 9.20. The van der Waals surface area contributed by atoms with E-state index in [9.17, 15) is 0 Å². The van der Waals surface area contributed by atoms with Crippen molar-refractivity contribution in [2.45, 2.75) is 38.3 Å². The molecule has 1 fully saturated rings. The molecule has 4 atom stereocenters. The quantitative estimate of drug-likeness (QED) is 0.702. The molecule has 0 saturated heterocycles. The van der Waals surface area contributed by atoms with E-state index < -0.39 is 0 Å². The topological polar surface area (TPSA) is 12.0 Å². The second-order valence-electron chi connectivity index (χ2n) is 4.69. The molecule has 0 amide bonds. The Hall–Kier alpha value is 0.0500. The molecule has 0 heterocycles. The van der Waals surface area contributed by atoms with Gasteiger partial charge in [0.15, 0.2) is 0 Å². The number of nitrogens with one attached hydrogen (secondary N) is 1. The zero-order valence-corrected chi connectivity index (χ0v) is 10.0. The number of rotatable bonds is 5. The van der Waals surface area contributed by atoms with Crippen molar-refractivity contribution in [2.24, 2.45) is 11.8 Å². The van der Waals surface area contributed by atoms with Gasteiger partial charge in [-0.3, -0.25) is 0 Å². The average Bonchev–Trinajstić information content (AvgIpc) is 2.53. The summed E-state index contributed by atoms with van der Waals surface area (Å²) >= 11 is 1.95. The van der Waals surface area contributed by atoms with Gasteiger partial charge in [0.2, 0.25) is 0 Å². The first-order valence-corrected chi connectivity index (χ1v) is 7.12. The molecule has 2 rings (SSSR count). The predicted octanol–water partition coefficient (Wildman–Crippen LogP) is 2.68. The van der Waals surface area contributed by atoms with Crippen LogP contribution in [0.25, 0.3) is 0 Å². The molecule has 2 aliphatic rings. The molecular formula is C12H21NS. The third kappa shape index (κ3) is 2.17. The van der Waals surface area contributed by atoms with E-state index in [1.54, 1.807) is 0 Å². The summed E-state index contributed by atoms with van der Waals surface area (Å²) in [6.07, 6.45) is 11.0. The van der Waals surface area contributed by atoms with Crippen LogP contribution in [-0.2, 0) is 0 Å². The maximum atomic E-state index is 3.76. The molecule has 4 unspecified atom stereocenters. The number of hydrogen-bond donors (Lipinski definition) is 1. The van der Waals surface area contributed by atoms with Gasteiger partial charge in [0, 0.05) is 12.1 Å². The van der Waals surface area contributed by atoms with Gasteiger partial charge in [-0.1, -0.05) is 12.2 Å². The summed E-state index contributed by atoms with van der Waals surface area (Å²) in [6.45, 7) is 2.32. The van der Waals surface area contributed by atoms with Crippen LogP contribution in [0, 0.1) is 11.8 Å². The molecule has 80 valence electrons. The summed E-state index contributed by atoms with van der Waals surface area (Å²) in [5.74, 6) is 3.14. The van der Waals surface area contributed by atoms with Crippen molar-refractivity contribution in [3.05, 3.63) is 12.2 Å². The van der Waals surface area contributed by atoms with Crippen LogP contribution in [0.3, 0.4) is 0 Å². The Balaban J connectivity index is 1.68. The summed E-state index contributed by atoms with van der Waals surface area (Å²) in [4.78, 5) is 0. The molecule has 0 radical (unpaired) electrons. The van der Waals surface area contributed by atoms with E-state index in [2.05, 4.69) is 30.6 Å². The van der Waals surface area contributed by atoms with Gasteiger partial charge < -0.3 is 5.32 Å². The van der Waals surface area contributed by atoms with Gasteiger partial charge in [0.05, 0.1) is 0 Å². The molecule has 2 heteroatoms. The Kier molecular flexibility index (Phi) is 3.56. The summed E-state index contributed by atoms with van der Waals surface area (Å²) in [5.41, 5.74) is 0. The maximum Gasteiger partial charge on any atom is 0.0138 e. The lowest BCUT2D eigenvalue weighted by Crippen LogP contribution is -2.51. The first kappa shape index (κ1) is 10.6. The highest BCUT2D eigenvalue weighted by Gasteiger charge is 2.40. The van der Waals surface area contributed by atoms with E-state index in [1.807, 2.05) is 11.8 Å². The van der Waals surface area contributed by atoms with E-state index >= 15 is 0 Å². The number of allylic oxidation sites excluding steroid dienone is 1. The molecular weight excluding hydrogens is 190 g/mol. The molecule has 1 N–H and O–H groups in total. The summed E-state index contributed by atoms with van der Waals surface area (Å²) < 4.78 is 0. The van der Waals surface area contributed by atoms with Gasteiger partial charge in [0.25, 0.3) is 0 Å². The molecule has 0 spiro atoms. The van der Waals surface area contributed by atoms with Crippen molar-refractivity contribution < 1.29 is 0 Å². The summed E-state index contributed by atoms with van der Waals surface area (Å²) in [7, 11) is 0. The molecule has 0 aromatic carbocycles. The molecule has 0 bridgehead atoms. The van der Waals surface area contributed by atoms with Crippen molar-refractivity contribution in [1.29, 1.82) is 0 Å². The van der Waals surface area contributed by atoms with E-state index in [1.165, 1.54) is 25.0 Å². The van der Waals surface area contributed by atoms with Gasteiger partial charge in [-0.25, -0.2) is 0 Å². The van der Waals surface area contributed by atoms with Gasteiger partial charge in [-0.2, -0.15) is 11.8 Å². The number of hydrogen-bond acceptors (Lipinski definition) is 2. The summed E-state index contributed by atoms with van der Waals surface area (Å²) in [5, 5.41) is 3.76. The van der Waals surface area contributed by atoms with Crippen LogP contribution in [0.15, 0.2) is 12.2 Å². The monoisotopic (exact) mass is 211 g/mol. The molecule has 1 saturated carbocycles. The Labute approximate surface area is 91.7 Å². The van der Waals surface area contributed by atoms with E-state index in [-0.39, 0.29) is 0 Å². The lowest BCUT2D eigenvalue weighted by Gasteiger charge is -2.42. The fourth-order valence-electron chi connectivity index (χ4n) is 2.65. The highest BCUT2D eigenvalue weighted by Crippen LogP contribution is 2.42. The van der Waals surface area contributed by atoms with Crippen LogP contribution >= 0.6 is 11.8 Å². The second kappa shape index (κ2) is 4.71. The van der Waals surface area contributed by atoms with Gasteiger partial charge in [-0.05, 0) is 50.0 Å². The molecule has 0 aromatic heterocycles. The minimum absolute atomic E-state index is 0.697. The van der Waals surface area contributed by atoms with Crippen molar-refractivity contribution in [1.82, 2.24) is 5.32 Å². The number of thioether (sulfide) groups is 1. The Morgan fingerprint density at radius 1 is 1.57 bits per heavy atom. The van der Waals surface area contributed by atoms with Crippen LogP contribution in [0.2, 0.25) is 0 Å². The first-order valence-electron chi connectivity index (χ1n) is 5.73. The largest absolute Gasteiger partial charge is 0.311 e. The Morgan fingerprint density at radius 2 is 2.43 bits per heavy atom. The van der Waals surface area contributed by atoms with Crippen molar-refractivity contribution in [2.75, 3.05) is 12.0 Å². The smallest absolute Gasteiger partial charge is 0.0138 e. The van der Waals surface area contributed by atoms with E-state index in [4.69, 9.17) is 0 Å². The fraction of sp³-hybridized carbons (Fsp3) is 0.833. The summed E-state index contributed by atoms with van der Waals surface area (Å²) in [6, 6.07) is 1.48. The normalized spacial score (nSPS) is 36.6. The van der Waals surface area contributed by atoms with Crippen LogP contribution in [0.1, 0.15) is 26.2 Å². The molecule has 1 nitrogen and oxygen atoms in total. The van der Waals surface area contributed by atoms with Crippen LogP contribution in [0.4, 0.5) is 0 Å². The third-order valence-corrected chi connectivity index (χ3v) is 4.26. The first-order chi connectivity index (χ1) is 6.81. The molecule has 0 aromatic rings. The zero-order chi connectivity index (χ0) is 9.97. The van der Waals surface area contributed by atoms with Gasteiger partial charge in [-0.15, -0.1) is 0 Å². The Morgan fingerprint density at radius 3 is 3.14 bits per heavy atom. The highest BCUT2D eigenvalue weighted by molar-refractivity contribution is 7.98. The van der Waals surface area contributed by atoms with Gasteiger partial charge in [0.1, 0.15) is 0 Å². The standard InChI is InChI=1S/C12H21NS/c1-9(6-7-14-2)13-12-8-10-4-3-5-11(10)12/h3,5,9-13H,4,6-8H2,1-2H3. The molecule has 2 aliphatic carbocycles. The van der Waals surface area contributed by atoms with E-state index in [0.717, 1.165) is 17.9 Å². The van der Waals surface area contributed by atoms with Crippen LogP contribution in [0.5, 0.6) is 0 Å².